The highest BCUT2D eigenvalue weighted by Crippen LogP contribution is 2.37. The van der Waals surface area contributed by atoms with Crippen molar-refractivity contribution >= 4 is 28.1 Å². The van der Waals surface area contributed by atoms with Crippen molar-refractivity contribution < 1.29 is 9.47 Å². The summed E-state index contributed by atoms with van der Waals surface area (Å²) in [4.78, 5) is 0. The maximum atomic E-state index is 5.76. The summed E-state index contributed by atoms with van der Waals surface area (Å²) in [5.74, 6) is 1.39. The second-order valence-corrected chi connectivity index (χ2v) is 5.88. The molecule has 0 bridgehead atoms. The summed E-state index contributed by atoms with van der Waals surface area (Å²) >= 11 is 8.59. The fraction of sp³-hybridized carbons (Fsp3) is 0.385. The maximum Gasteiger partial charge on any atom is 0.214 e. The molecule has 1 heterocycles. The van der Waals surface area contributed by atoms with E-state index >= 15 is 0 Å². The quantitative estimate of drug-likeness (QED) is 0.762. The van der Waals surface area contributed by atoms with Crippen LogP contribution in [0.3, 0.4) is 0 Å². The van der Waals surface area contributed by atoms with Gasteiger partial charge in [-0.25, -0.2) is 4.68 Å². The predicted molar refractivity (Wildman–Crippen MR) is 86.9 cm³/mol. The predicted octanol–water partition coefficient (Wildman–Crippen LogP) is 3.24. The highest BCUT2D eigenvalue weighted by Gasteiger charge is 2.13. The average molecular weight is 373 g/mol. The van der Waals surface area contributed by atoms with Gasteiger partial charge in [0, 0.05) is 0 Å². The van der Waals surface area contributed by atoms with Crippen LogP contribution in [0.5, 0.6) is 11.5 Å². The fourth-order valence-electron chi connectivity index (χ4n) is 1.76. The van der Waals surface area contributed by atoms with E-state index in [1.807, 2.05) is 26.0 Å². The molecule has 21 heavy (non-hydrogen) atoms. The van der Waals surface area contributed by atoms with E-state index in [-0.39, 0.29) is 6.10 Å². The molecule has 0 saturated heterocycles. The number of aromatic amines is 1. The normalized spacial score (nSPS) is 10.7. The number of benzene rings is 1. The Morgan fingerprint density at radius 1 is 1.48 bits per heavy atom. The molecule has 0 amide bonds. The number of ether oxygens (including phenoxy) is 2. The zero-order valence-electron chi connectivity index (χ0n) is 12.0. The van der Waals surface area contributed by atoms with Crippen molar-refractivity contribution in [1.82, 2.24) is 14.9 Å². The molecule has 1 aromatic heterocycles. The van der Waals surface area contributed by atoms with Gasteiger partial charge in [0.2, 0.25) is 4.77 Å². The first-order valence-electron chi connectivity index (χ1n) is 6.40. The van der Waals surface area contributed by atoms with E-state index in [4.69, 9.17) is 21.7 Å². The van der Waals surface area contributed by atoms with Crippen LogP contribution in [0.15, 0.2) is 22.9 Å². The van der Waals surface area contributed by atoms with E-state index in [2.05, 4.69) is 31.6 Å². The largest absolute Gasteiger partial charge is 0.493 e. The molecule has 1 aromatic carbocycles. The summed E-state index contributed by atoms with van der Waals surface area (Å²) in [7, 11) is 1.62. The van der Waals surface area contributed by atoms with Crippen LogP contribution in [0.2, 0.25) is 0 Å². The van der Waals surface area contributed by atoms with Crippen LogP contribution in [-0.4, -0.2) is 28.1 Å². The van der Waals surface area contributed by atoms with Crippen LogP contribution in [0.1, 0.15) is 19.4 Å². The van der Waals surface area contributed by atoms with Gasteiger partial charge in [-0.2, -0.15) is 5.10 Å². The molecule has 0 aliphatic carbocycles. The Kier molecular flexibility index (Phi) is 5.24. The van der Waals surface area contributed by atoms with E-state index in [1.165, 1.54) is 0 Å². The highest BCUT2D eigenvalue weighted by molar-refractivity contribution is 9.10. The SMILES string of the molecule is COc1cc(CNn2cn[nH]c2=S)cc(Br)c1OC(C)C. The molecule has 0 spiro atoms. The van der Waals surface area contributed by atoms with Crippen molar-refractivity contribution in [3.05, 3.63) is 33.3 Å². The van der Waals surface area contributed by atoms with Crippen molar-refractivity contribution in [2.24, 2.45) is 0 Å². The Morgan fingerprint density at radius 3 is 2.81 bits per heavy atom. The number of nitrogens with zero attached hydrogens (tertiary/aromatic N) is 2. The van der Waals surface area contributed by atoms with Crippen molar-refractivity contribution in [2.45, 2.75) is 26.5 Å². The lowest BCUT2D eigenvalue weighted by Gasteiger charge is -2.17. The number of hydrogen-bond acceptors (Lipinski definition) is 5. The first kappa shape index (κ1) is 15.8. The summed E-state index contributed by atoms with van der Waals surface area (Å²) in [6, 6.07) is 3.91. The van der Waals surface area contributed by atoms with Gasteiger partial charge in [-0.05, 0) is 59.7 Å². The second kappa shape index (κ2) is 6.95. The number of nitrogens with one attached hydrogen (secondary N) is 2. The first-order valence-corrected chi connectivity index (χ1v) is 7.60. The van der Waals surface area contributed by atoms with Crippen LogP contribution in [0, 0.1) is 4.77 Å². The van der Waals surface area contributed by atoms with Gasteiger partial charge in [0.05, 0.1) is 24.2 Å². The third-order valence-corrected chi connectivity index (χ3v) is 3.53. The van der Waals surface area contributed by atoms with Gasteiger partial charge in [-0.15, -0.1) is 0 Å². The summed E-state index contributed by atoms with van der Waals surface area (Å²) in [6.45, 7) is 4.52. The molecule has 2 N–H and O–H groups in total. The molecule has 0 fully saturated rings. The molecule has 2 aromatic rings. The van der Waals surface area contributed by atoms with Gasteiger partial charge in [-0.1, -0.05) is 0 Å². The van der Waals surface area contributed by atoms with Gasteiger partial charge >= 0.3 is 0 Å². The van der Waals surface area contributed by atoms with Crippen molar-refractivity contribution in [3.8, 4) is 11.5 Å². The monoisotopic (exact) mass is 372 g/mol. The van der Waals surface area contributed by atoms with E-state index in [0.29, 0.717) is 22.8 Å². The van der Waals surface area contributed by atoms with Crippen molar-refractivity contribution in [3.63, 3.8) is 0 Å². The molecule has 0 unspecified atom stereocenters. The molecule has 6 nitrogen and oxygen atoms in total. The maximum absolute atomic E-state index is 5.76. The fourth-order valence-corrected chi connectivity index (χ4v) is 2.51. The van der Waals surface area contributed by atoms with Gasteiger partial charge < -0.3 is 14.9 Å². The van der Waals surface area contributed by atoms with E-state index in [1.54, 1.807) is 18.1 Å². The smallest absolute Gasteiger partial charge is 0.214 e. The van der Waals surface area contributed by atoms with Gasteiger partial charge in [0.25, 0.3) is 0 Å². The topological polar surface area (TPSA) is 64.1 Å². The van der Waals surface area contributed by atoms with Crippen LogP contribution in [-0.2, 0) is 6.54 Å². The summed E-state index contributed by atoms with van der Waals surface area (Å²) < 4.78 is 14.2. The standard InChI is InChI=1S/C13H17BrN4O2S/c1-8(2)20-12-10(14)4-9(5-11(12)19-3)6-16-18-7-15-17-13(18)21/h4-5,7-8,16H,6H2,1-3H3,(H,17,21). The Hall–Kier alpha value is -1.54. The van der Waals surface area contributed by atoms with E-state index < -0.39 is 0 Å². The molecule has 0 aliphatic heterocycles. The summed E-state index contributed by atoms with van der Waals surface area (Å²) in [5, 5.41) is 6.53. The molecule has 114 valence electrons. The minimum Gasteiger partial charge on any atom is -0.493 e. The minimum absolute atomic E-state index is 0.0726. The number of methoxy groups -OCH3 is 1. The molecule has 2 rings (SSSR count). The summed E-state index contributed by atoms with van der Waals surface area (Å²) in [5.41, 5.74) is 4.18. The van der Waals surface area contributed by atoms with Crippen molar-refractivity contribution in [2.75, 3.05) is 12.5 Å². The molecule has 0 atom stereocenters. The van der Waals surface area contributed by atoms with Crippen LogP contribution in [0.25, 0.3) is 0 Å². The number of H-pyrrole nitrogens is 1. The molecular weight excluding hydrogens is 356 g/mol. The van der Waals surface area contributed by atoms with Crippen molar-refractivity contribution in [1.29, 1.82) is 0 Å². The van der Waals surface area contributed by atoms with Crippen LogP contribution < -0.4 is 14.9 Å². The van der Waals surface area contributed by atoms with Crippen LogP contribution in [0.4, 0.5) is 0 Å². The number of halogens is 1. The lowest BCUT2D eigenvalue weighted by molar-refractivity contribution is 0.228. The first-order chi connectivity index (χ1) is 10.0. The average Bonchev–Trinajstić information content (AvgIpc) is 2.84. The summed E-state index contributed by atoms with van der Waals surface area (Å²) in [6.07, 6.45) is 1.66. The molecule has 0 radical (unpaired) electrons. The van der Waals surface area contributed by atoms with Gasteiger partial charge in [-0.3, -0.25) is 5.10 Å². The Balaban J connectivity index is 2.19. The Morgan fingerprint density at radius 2 is 2.24 bits per heavy atom. The Labute approximate surface area is 136 Å². The molecule has 0 aliphatic rings. The third-order valence-electron chi connectivity index (χ3n) is 2.65. The number of hydrogen-bond donors (Lipinski definition) is 2. The molecule has 8 heteroatoms. The molecule has 0 saturated carbocycles. The third kappa shape index (κ3) is 3.98. The highest BCUT2D eigenvalue weighted by atomic mass is 79.9. The van der Waals surface area contributed by atoms with Crippen LogP contribution >= 0.6 is 28.1 Å². The lowest BCUT2D eigenvalue weighted by atomic mass is 10.2. The number of rotatable bonds is 6. The zero-order valence-corrected chi connectivity index (χ0v) is 14.4. The lowest BCUT2D eigenvalue weighted by Crippen LogP contribution is -2.14. The van der Waals surface area contributed by atoms with Gasteiger partial charge in [0.15, 0.2) is 11.5 Å². The van der Waals surface area contributed by atoms with Gasteiger partial charge in [0.1, 0.15) is 6.33 Å². The Bertz CT molecular complexity index is 668. The minimum atomic E-state index is 0.0726. The molecular formula is C13H17BrN4O2S. The second-order valence-electron chi connectivity index (χ2n) is 4.64. The van der Waals surface area contributed by atoms with E-state index in [0.717, 1.165) is 10.0 Å². The number of aromatic nitrogens is 3. The zero-order chi connectivity index (χ0) is 15.4. The van der Waals surface area contributed by atoms with E-state index in [9.17, 15) is 0 Å².